The van der Waals surface area contributed by atoms with Crippen molar-refractivity contribution in [2.45, 2.75) is 64.1 Å². The lowest BCUT2D eigenvalue weighted by Crippen LogP contribution is -2.52. The maximum atomic E-state index is 5.69. The Morgan fingerprint density at radius 1 is 1.33 bits per heavy atom. The number of methoxy groups -OCH3 is 1. The van der Waals surface area contributed by atoms with Gasteiger partial charge >= 0.3 is 0 Å². The second kappa shape index (κ2) is 5.89. The summed E-state index contributed by atoms with van der Waals surface area (Å²) in [6.45, 7) is 10.4. The van der Waals surface area contributed by atoms with Crippen LogP contribution in [0.2, 0.25) is 0 Å². The normalized spacial score (nSPS) is 27.5. The van der Waals surface area contributed by atoms with Crippen LogP contribution in [-0.4, -0.2) is 49.3 Å². The Morgan fingerprint density at radius 2 is 2.06 bits per heavy atom. The van der Waals surface area contributed by atoms with E-state index < -0.39 is 0 Å². The van der Waals surface area contributed by atoms with Crippen LogP contribution in [0.3, 0.4) is 0 Å². The van der Waals surface area contributed by atoms with E-state index in [-0.39, 0.29) is 5.60 Å². The van der Waals surface area contributed by atoms with Gasteiger partial charge in [-0.3, -0.25) is 4.90 Å². The van der Waals surface area contributed by atoms with Gasteiger partial charge in [0.15, 0.2) is 0 Å². The first-order valence-electron chi connectivity index (χ1n) is 7.56. The molecule has 106 valence electrons. The van der Waals surface area contributed by atoms with E-state index in [4.69, 9.17) is 4.74 Å². The van der Waals surface area contributed by atoms with Gasteiger partial charge in [-0.2, -0.15) is 0 Å². The summed E-state index contributed by atoms with van der Waals surface area (Å²) in [4.78, 5) is 2.71. The quantitative estimate of drug-likeness (QED) is 0.787. The third kappa shape index (κ3) is 3.46. The van der Waals surface area contributed by atoms with Gasteiger partial charge in [0.05, 0.1) is 5.60 Å². The van der Waals surface area contributed by atoms with Crippen LogP contribution in [-0.2, 0) is 4.74 Å². The third-order valence-corrected chi connectivity index (χ3v) is 4.91. The molecule has 0 bridgehead atoms. The lowest BCUT2D eigenvalue weighted by atomic mass is 9.94. The molecule has 0 radical (unpaired) electrons. The van der Waals surface area contributed by atoms with Crippen molar-refractivity contribution in [1.29, 1.82) is 0 Å². The second-order valence-corrected chi connectivity index (χ2v) is 6.62. The predicted molar refractivity (Wildman–Crippen MR) is 75.9 cm³/mol. The van der Waals surface area contributed by atoms with Crippen LogP contribution >= 0.6 is 0 Å². The van der Waals surface area contributed by atoms with Crippen LogP contribution < -0.4 is 5.32 Å². The minimum atomic E-state index is -0.0509. The molecule has 18 heavy (non-hydrogen) atoms. The molecule has 0 spiro atoms. The first-order chi connectivity index (χ1) is 8.54. The number of piperidine rings is 1. The molecular formula is C15H30N2O. The summed E-state index contributed by atoms with van der Waals surface area (Å²) in [7, 11) is 1.84. The van der Waals surface area contributed by atoms with E-state index in [0.29, 0.717) is 6.04 Å². The molecule has 1 aliphatic carbocycles. The zero-order valence-electron chi connectivity index (χ0n) is 12.5. The molecule has 1 N–H and O–H groups in total. The first-order valence-corrected chi connectivity index (χ1v) is 7.56. The summed E-state index contributed by atoms with van der Waals surface area (Å²) in [6.07, 6.45) is 5.48. The molecule has 1 aliphatic heterocycles. The number of hydrogen-bond donors (Lipinski definition) is 1. The minimum absolute atomic E-state index is 0.0509. The number of hydrogen-bond acceptors (Lipinski definition) is 3. The smallest absolute Gasteiger partial charge is 0.0774 e. The second-order valence-electron chi connectivity index (χ2n) is 6.62. The highest BCUT2D eigenvalue weighted by molar-refractivity contribution is 4.94. The Labute approximate surface area is 112 Å². The van der Waals surface area contributed by atoms with Crippen molar-refractivity contribution in [3.63, 3.8) is 0 Å². The van der Waals surface area contributed by atoms with Crippen molar-refractivity contribution < 1.29 is 4.74 Å². The molecule has 0 aromatic carbocycles. The van der Waals surface area contributed by atoms with Crippen LogP contribution in [0.1, 0.15) is 46.5 Å². The fraction of sp³-hybridized carbons (Fsp3) is 1.00. The van der Waals surface area contributed by atoms with Gasteiger partial charge in [-0.15, -0.1) is 0 Å². The lowest BCUT2D eigenvalue weighted by Gasteiger charge is -2.41. The van der Waals surface area contributed by atoms with Crippen molar-refractivity contribution in [3.05, 3.63) is 0 Å². The summed E-state index contributed by atoms with van der Waals surface area (Å²) >= 11 is 0. The highest BCUT2D eigenvalue weighted by Crippen LogP contribution is 2.33. The van der Waals surface area contributed by atoms with Gasteiger partial charge in [-0.1, -0.05) is 0 Å². The van der Waals surface area contributed by atoms with E-state index >= 15 is 0 Å². The van der Waals surface area contributed by atoms with Crippen molar-refractivity contribution in [2.24, 2.45) is 5.92 Å². The minimum Gasteiger partial charge on any atom is -0.377 e. The molecular weight excluding hydrogens is 224 g/mol. The molecule has 1 saturated heterocycles. The van der Waals surface area contributed by atoms with E-state index in [2.05, 4.69) is 31.0 Å². The van der Waals surface area contributed by atoms with Gasteiger partial charge in [0, 0.05) is 25.7 Å². The fourth-order valence-corrected chi connectivity index (χ4v) is 2.98. The molecule has 2 atom stereocenters. The molecule has 2 aliphatic rings. The average molecular weight is 254 g/mol. The number of nitrogens with zero attached hydrogens (tertiary/aromatic N) is 1. The van der Waals surface area contributed by atoms with Crippen LogP contribution in [0.5, 0.6) is 0 Å². The summed E-state index contributed by atoms with van der Waals surface area (Å²) in [5.74, 6) is 0.828. The molecule has 0 aromatic heterocycles. The highest BCUT2D eigenvalue weighted by atomic mass is 16.5. The van der Waals surface area contributed by atoms with Crippen molar-refractivity contribution in [2.75, 3.05) is 26.7 Å². The van der Waals surface area contributed by atoms with E-state index in [1.54, 1.807) is 0 Å². The Hall–Kier alpha value is -0.120. The number of nitrogens with one attached hydrogen (secondary N) is 1. The molecule has 3 heteroatoms. The highest BCUT2D eigenvalue weighted by Gasteiger charge is 2.39. The van der Waals surface area contributed by atoms with Gasteiger partial charge in [0.2, 0.25) is 0 Å². The standard InChI is InChI=1S/C15H30N2O/c1-12(15(2,3)18-4)17(14-7-8-14)11-13-6-5-9-16-10-13/h12-14,16H,5-11H2,1-4H3. The van der Waals surface area contributed by atoms with Crippen LogP contribution in [0.4, 0.5) is 0 Å². The van der Waals surface area contributed by atoms with E-state index in [1.807, 2.05) is 7.11 Å². The third-order valence-electron chi connectivity index (χ3n) is 4.91. The van der Waals surface area contributed by atoms with Crippen LogP contribution in [0.15, 0.2) is 0 Å². The molecule has 1 saturated carbocycles. The predicted octanol–water partition coefficient (Wildman–Crippen LogP) is 2.26. The van der Waals surface area contributed by atoms with Gasteiger partial charge in [-0.05, 0) is 65.5 Å². The maximum absolute atomic E-state index is 5.69. The summed E-state index contributed by atoms with van der Waals surface area (Å²) in [5.41, 5.74) is -0.0509. The largest absolute Gasteiger partial charge is 0.377 e. The Bertz CT molecular complexity index is 257. The Kier molecular flexibility index (Phi) is 4.68. The SMILES string of the molecule is COC(C)(C)C(C)N(CC1CCCNC1)C1CC1. The van der Waals surface area contributed by atoms with Gasteiger partial charge in [0.1, 0.15) is 0 Å². The lowest BCUT2D eigenvalue weighted by molar-refractivity contribution is -0.0536. The van der Waals surface area contributed by atoms with Crippen molar-refractivity contribution in [1.82, 2.24) is 10.2 Å². The summed E-state index contributed by atoms with van der Waals surface area (Å²) < 4.78 is 5.69. The first kappa shape index (κ1) is 14.3. The zero-order chi connectivity index (χ0) is 13.2. The van der Waals surface area contributed by atoms with E-state index in [1.165, 1.54) is 45.3 Å². The number of ether oxygens (including phenoxy) is 1. The molecule has 2 rings (SSSR count). The van der Waals surface area contributed by atoms with Crippen molar-refractivity contribution in [3.8, 4) is 0 Å². The number of rotatable bonds is 6. The molecule has 1 heterocycles. The fourth-order valence-electron chi connectivity index (χ4n) is 2.98. The molecule has 0 amide bonds. The Morgan fingerprint density at radius 3 is 2.56 bits per heavy atom. The molecule has 2 fully saturated rings. The van der Waals surface area contributed by atoms with E-state index in [0.717, 1.165) is 12.0 Å². The average Bonchev–Trinajstić information content (AvgIpc) is 3.20. The van der Waals surface area contributed by atoms with Gasteiger partial charge in [0.25, 0.3) is 0 Å². The summed E-state index contributed by atoms with van der Waals surface area (Å²) in [6, 6.07) is 1.31. The molecule has 3 nitrogen and oxygen atoms in total. The topological polar surface area (TPSA) is 24.5 Å². The molecule has 0 aromatic rings. The van der Waals surface area contributed by atoms with Gasteiger partial charge in [-0.25, -0.2) is 0 Å². The van der Waals surface area contributed by atoms with Crippen molar-refractivity contribution >= 4 is 0 Å². The monoisotopic (exact) mass is 254 g/mol. The summed E-state index contributed by atoms with van der Waals surface area (Å²) in [5, 5.41) is 3.53. The van der Waals surface area contributed by atoms with Crippen LogP contribution in [0.25, 0.3) is 0 Å². The van der Waals surface area contributed by atoms with Gasteiger partial charge < -0.3 is 10.1 Å². The maximum Gasteiger partial charge on any atom is 0.0774 e. The van der Waals surface area contributed by atoms with E-state index in [9.17, 15) is 0 Å². The Balaban J connectivity index is 1.94. The zero-order valence-corrected chi connectivity index (χ0v) is 12.5. The van der Waals surface area contributed by atoms with Crippen LogP contribution in [0, 0.1) is 5.92 Å². The molecule has 2 unspecified atom stereocenters.